The summed E-state index contributed by atoms with van der Waals surface area (Å²) >= 11 is 11.9. The number of anilines is 1. The summed E-state index contributed by atoms with van der Waals surface area (Å²) in [7, 11) is 0. The smallest absolute Gasteiger partial charge is 0.409 e. The number of nitrogens with one attached hydrogen (secondary N) is 2. The Morgan fingerprint density at radius 1 is 1.26 bits per heavy atom. The van der Waals surface area contributed by atoms with Gasteiger partial charge in [-0.3, -0.25) is 15.5 Å². The fraction of sp³-hybridized carbons (Fsp3) is 0.0714. The number of nitrogens with zero attached hydrogens (tertiary/aromatic N) is 1. The van der Waals surface area contributed by atoms with Crippen molar-refractivity contribution in [2.45, 2.75) is 6.54 Å². The van der Waals surface area contributed by atoms with Crippen LogP contribution in [0.2, 0.25) is 10.0 Å². The lowest BCUT2D eigenvalue weighted by molar-refractivity contribution is 0.0997. The van der Waals surface area contributed by atoms with Gasteiger partial charge in [0.1, 0.15) is 5.49 Å². The Bertz CT molecular complexity index is 848. The third kappa shape index (κ3) is 4.02. The molecule has 0 aliphatic rings. The number of benzene rings is 1. The molecule has 0 saturated heterocycles. The largest absolute Gasteiger partial charge is 0.465 e. The van der Waals surface area contributed by atoms with Crippen LogP contribution in [0.15, 0.2) is 30.5 Å². The molecule has 7 nitrogen and oxygen atoms in total. The molecule has 1 aromatic heterocycles. The van der Waals surface area contributed by atoms with Crippen LogP contribution in [-0.2, 0) is 6.54 Å². The van der Waals surface area contributed by atoms with Crippen LogP contribution in [0.3, 0.4) is 0 Å². The first kappa shape index (κ1) is 16.9. The molecule has 0 radical (unpaired) electrons. The molecule has 0 spiro atoms. The molecule has 0 aliphatic heterocycles. The summed E-state index contributed by atoms with van der Waals surface area (Å²) in [5.74, 6) is -0.777. The Labute approximate surface area is 140 Å². The maximum Gasteiger partial charge on any atom is 0.409 e. The van der Waals surface area contributed by atoms with Gasteiger partial charge in [-0.15, -0.1) is 0 Å². The summed E-state index contributed by atoms with van der Waals surface area (Å²) in [5, 5.41) is 19.8. The lowest BCUT2D eigenvalue weighted by Crippen LogP contribution is -2.30. The Morgan fingerprint density at radius 2 is 1.96 bits per heavy atom. The molecule has 0 fully saturated rings. The molecule has 9 heteroatoms. The van der Waals surface area contributed by atoms with Gasteiger partial charge in [-0.1, -0.05) is 23.2 Å². The van der Waals surface area contributed by atoms with Crippen LogP contribution in [0, 0.1) is 5.41 Å². The van der Waals surface area contributed by atoms with E-state index in [0.717, 1.165) is 0 Å². The minimum Gasteiger partial charge on any atom is -0.465 e. The van der Waals surface area contributed by atoms with E-state index in [1.807, 2.05) is 0 Å². The van der Waals surface area contributed by atoms with Crippen molar-refractivity contribution in [3.8, 4) is 0 Å². The quantitative estimate of drug-likeness (QED) is 0.674. The van der Waals surface area contributed by atoms with Crippen molar-refractivity contribution in [3.63, 3.8) is 0 Å². The number of rotatable bonds is 4. The maximum absolute atomic E-state index is 11.4. The number of halogens is 2. The minimum atomic E-state index is -1.23. The number of aromatic nitrogens is 1. The van der Waals surface area contributed by atoms with E-state index in [-0.39, 0.29) is 22.6 Å². The number of carbonyl (C=O) groups excluding carboxylic acids is 1. The molecule has 1 heterocycles. The van der Waals surface area contributed by atoms with Crippen molar-refractivity contribution < 1.29 is 14.7 Å². The van der Waals surface area contributed by atoms with Crippen LogP contribution < -0.4 is 16.5 Å². The Morgan fingerprint density at radius 3 is 2.57 bits per heavy atom. The van der Waals surface area contributed by atoms with E-state index in [0.29, 0.717) is 16.3 Å². The summed E-state index contributed by atoms with van der Waals surface area (Å²) < 4.78 is 1.38. The van der Waals surface area contributed by atoms with Gasteiger partial charge in [-0.05, 0) is 29.8 Å². The summed E-state index contributed by atoms with van der Waals surface area (Å²) in [6, 6.07) is 5.91. The second-order valence-corrected chi connectivity index (χ2v) is 5.52. The zero-order chi connectivity index (χ0) is 17.1. The molecule has 1 aromatic carbocycles. The number of hydrogen-bond donors (Lipinski definition) is 4. The first-order chi connectivity index (χ1) is 10.8. The molecule has 0 aliphatic carbocycles. The summed E-state index contributed by atoms with van der Waals surface area (Å²) in [5.41, 5.74) is 5.88. The number of nitrogens with two attached hydrogens (primary N) is 1. The van der Waals surface area contributed by atoms with E-state index < -0.39 is 12.0 Å². The van der Waals surface area contributed by atoms with Gasteiger partial charge in [0.2, 0.25) is 0 Å². The maximum atomic E-state index is 11.4. The van der Waals surface area contributed by atoms with Crippen LogP contribution in [0.4, 0.5) is 10.5 Å². The third-order valence-corrected chi connectivity index (χ3v) is 3.46. The molecule has 5 N–H and O–H groups in total. The Balaban J connectivity index is 2.51. The highest BCUT2D eigenvalue weighted by molar-refractivity contribution is 6.31. The van der Waals surface area contributed by atoms with Gasteiger partial charge < -0.3 is 15.4 Å². The molecule has 0 unspecified atom stereocenters. The third-order valence-electron chi connectivity index (χ3n) is 3.02. The molecule has 120 valence electrons. The van der Waals surface area contributed by atoms with Crippen molar-refractivity contribution in [2.75, 3.05) is 5.32 Å². The van der Waals surface area contributed by atoms with Gasteiger partial charge in [0.05, 0.1) is 17.1 Å². The number of hydrogen-bond acceptors (Lipinski definition) is 3. The first-order valence-corrected chi connectivity index (χ1v) is 7.06. The van der Waals surface area contributed by atoms with E-state index >= 15 is 0 Å². The zero-order valence-electron chi connectivity index (χ0n) is 11.6. The number of amides is 2. The van der Waals surface area contributed by atoms with Gasteiger partial charge >= 0.3 is 6.09 Å². The van der Waals surface area contributed by atoms with E-state index in [1.54, 1.807) is 6.07 Å². The molecule has 0 saturated carbocycles. The Hall–Kier alpha value is -2.51. The van der Waals surface area contributed by atoms with E-state index in [9.17, 15) is 9.59 Å². The molecule has 0 atom stereocenters. The van der Waals surface area contributed by atoms with Crippen molar-refractivity contribution in [2.24, 2.45) is 5.73 Å². The molecule has 0 bridgehead atoms. The highest BCUT2D eigenvalue weighted by Crippen LogP contribution is 2.22. The zero-order valence-corrected chi connectivity index (χ0v) is 13.1. The summed E-state index contributed by atoms with van der Waals surface area (Å²) in [6.07, 6.45) is 0.218. The van der Waals surface area contributed by atoms with Crippen LogP contribution >= 0.6 is 23.2 Å². The number of primary amides is 1. The van der Waals surface area contributed by atoms with E-state index in [2.05, 4.69) is 5.32 Å². The van der Waals surface area contributed by atoms with Gasteiger partial charge in [-0.25, -0.2) is 4.79 Å². The number of carbonyl (C=O) groups is 2. The van der Waals surface area contributed by atoms with Crippen molar-refractivity contribution in [1.29, 1.82) is 5.41 Å². The monoisotopic (exact) mass is 354 g/mol. The van der Waals surface area contributed by atoms with Gasteiger partial charge in [0.15, 0.2) is 0 Å². The van der Waals surface area contributed by atoms with Crippen molar-refractivity contribution >= 4 is 40.9 Å². The van der Waals surface area contributed by atoms with Crippen LogP contribution in [0.1, 0.15) is 15.9 Å². The summed E-state index contributed by atoms with van der Waals surface area (Å²) in [6.45, 7) is 0.0792. The standard InChI is InChI=1S/C14H12Cl2N4O3/c15-8-1-2-11(19-14(22)23)7(3-8)5-20-6-9(16)4-10(12(20)17)13(18)21/h1-4,6,17,19H,5H2,(H2,18,21)(H,22,23). The summed E-state index contributed by atoms with van der Waals surface area (Å²) in [4.78, 5) is 22.2. The molecule has 2 aromatic rings. The van der Waals surface area contributed by atoms with Crippen molar-refractivity contribution in [1.82, 2.24) is 4.57 Å². The SMILES string of the molecule is N=c1c(C(N)=O)cc(Cl)cn1Cc1cc(Cl)ccc1NC(=O)O. The molecular weight excluding hydrogens is 343 g/mol. The average Bonchev–Trinajstić information content (AvgIpc) is 2.44. The predicted molar refractivity (Wildman–Crippen MR) is 86.0 cm³/mol. The molecular formula is C14H12Cl2N4O3. The highest BCUT2D eigenvalue weighted by atomic mass is 35.5. The fourth-order valence-corrected chi connectivity index (χ4v) is 2.46. The second-order valence-electron chi connectivity index (χ2n) is 4.64. The van der Waals surface area contributed by atoms with Gasteiger partial charge in [-0.2, -0.15) is 0 Å². The molecule has 23 heavy (non-hydrogen) atoms. The molecule has 2 amide bonds. The van der Waals surface area contributed by atoms with E-state index in [4.69, 9.17) is 39.5 Å². The topological polar surface area (TPSA) is 121 Å². The lowest BCUT2D eigenvalue weighted by atomic mass is 10.1. The van der Waals surface area contributed by atoms with Gasteiger partial charge in [0, 0.05) is 16.9 Å². The van der Waals surface area contributed by atoms with Gasteiger partial charge in [0.25, 0.3) is 5.91 Å². The van der Waals surface area contributed by atoms with Crippen LogP contribution in [0.5, 0.6) is 0 Å². The van der Waals surface area contributed by atoms with E-state index in [1.165, 1.54) is 29.0 Å². The number of carboxylic acid groups (broad SMARTS) is 1. The highest BCUT2D eigenvalue weighted by Gasteiger charge is 2.11. The second kappa shape index (κ2) is 6.72. The lowest BCUT2D eigenvalue weighted by Gasteiger charge is -2.14. The average molecular weight is 355 g/mol. The minimum absolute atomic E-state index is 0.0349. The normalized spacial score (nSPS) is 10.3. The van der Waals surface area contributed by atoms with Crippen LogP contribution in [-0.4, -0.2) is 21.7 Å². The molecule has 2 rings (SSSR count). The predicted octanol–water partition coefficient (Wildman–Crippen LogP) is 2.51. The number of pyridine rings is 1. The fourth-order valence-electron chi connectivity index (χ4n) is 2.04. The van der Waals surface area contributed by atoms with Crippen molar-refractivity contribution in [3.05, 3.63) is 57.1 Å². The Kier molecular flexibility index (Phi) is 4.92. The van der Waals surface area contributed by atoms with Crippen LogP contribution in [0.25, 0.3) is 0 Å². The first-order valence-electron chi connectivity index (χ1n) is 6.30.